The van der Waals surface area contributed by atoms with Gasteiger partial charge in [-0.3, -0.25) is 4.79 Å². The molecule has 4 nitrogen and oxygen atoms in total. The van der Waals surface area contributed by atoms with Gasteiger partial charge in [-0.25, -0.2) is 9.37 Å². The highest BCUT2D eigenvalue weighted by Gasteiger charge is 2.15. The molecular formula is C15H17FN2O2S. The maximum atomic E-state index is 12.9. The van der Waals surface area contributed by atoms with Crippen LogP contribution in [0.4, 0.5) is 4.39 Å². The van der Waals surface area contributed by atoms with Crippen LogP contribution in [0.25, 0.3) is 0 Å². The van der Waals surface area contributed by atoms with Crippen molar-refractivity contribution in [2.24, 2.45) is 0 Å². The third-order valence-corrected chi connectivity index (χ3v) is 4.00. The molecule has 0 saturated heterocycles. The Morgan fingerprint density at radius 2 is 2.14 bits per heavy atom. The van der Waals surface area contributed by atoms with Crippen LogP contribution in [0, 0.1) is 5.82 Å². The van der Waals surface area contributed by atoms with Crippen LogP contribution < -0.4 is 5.32 Å². The van der Waals surface area contributed by atoms with Gasteiger partial charge in [-0.1, -0.05) is 19.1 Å². The highest BCUT2D eigenvalue weighted by atomic mass is 32.1. The second kappa shape index (κ2) is 7.28. The predicted octanol–water partition coefficient (Wildman–Crippen LogP) is 2.96. The van der Waals surface area contributed by atoms with Crippen molar-refractivity contribution in [2.45, 2.75) is 19.4 Å². The van der Waals surface area contributed by atoms with E-state index in [9.17, 15) is 9.18 Å². The molecule has 0 aliphatic rings. The zero-order valence-corrected chi connectivity index (χ0v) is 12.7. The minimum absolute atomic E-state index is 0.105. The van der Waals surface area contributed by atoms with E-state index in [-0.39, 0.29) is 17.6 Å². The summed E-state index contributed by atoms with van der Waals surface area (Å²) in [5.41, 5.74) is 3.26. The first kappa shape index (κ1) is 15.6. The fourth-order valence-electron chi connectivity index (χ4n) is 1.93. The average molecular weight is 308 g/mol. The molecule has 0 fully saturated rings. The number of methoxy groups -OCH3 is 1. The number of hydrogen-bond acceptors (Lipinski definition) is 4. The van der Waals surface area contributed by atoms with Crippen molar-refractivity contribution in [3.8, 4) is 0 Å². The van der Waals surface area contributed by atoms with Gasteiger partial charge in [-0.05, 0) is 23.6 Å². The number of carbonyl (C=O) groups is 1. The molecule has 1 N–H and O–H groups in total. The second-order valence-corrected chi connectivity index (χ2v) is 5.58. The maximum absolute atomic E-state index is 12.9. The number of benzene rings is 1. The standard InChI is InChI=1S/C15H17FN2O2S/c1-10(11-3-5-12(16)6-4-11)7-17-15(19)14-13(8-20-2)18-9-21-14/h3-6,9-10H,7-8H2,1-2H3,(H,17,19). The van der Waals surface area contributed by atoms with Gasteiger partial charge < -0.3 is 10.1 Å². The lowest BCUT2D eigenvalue weighted by atomic mass is 10.0. The zero-order chi connectivity index (χ0) is 15.2. The largest absolute Gasteiger partial charge is 0.378 e. The first-order valence-electron chi connectivity index (χ1n) is 6.56. The smallest absolute Gasteiger partial charge is 0.263 e. The lowest BCUT2D eigenvalue weighted by Gasteiger charge is -2.13. The molecule has 112 valence electrons. The van der Waals surface area contributed by atoms with Crippen LogP contribution in [0.5, 0.6) is 0 Å². The average Bonchev–Trinajstić information content (AvgIpc) is 2.94. The molecule has 1 aromatic carbocycles. The summed E-state index contributed by atoms with van der Waals surface area (Å²) in [5, 5.41) is 2.88. The third-order valence-electron chi connectivity index (χ3n) is 3.14. The highest BCUT2D eigenvalue weighted by molar-refractivity contribution is 7.11. The summed E-state index contributed by atoms with van der Waals surface area (Å²) in [6.45, 7) is 2.78. The minimum Gasteiger partial charge on any atom is -0.378 e. The molecule has 0 spiro atoms. The Labute approximate surface area is 127 Å². The van der Waals surface area contributed by atoms with Crippen LogP contribution in [0.1, 0.15) is 33.8 Å². The molecule has 0 radical (unpaired) electrons. The van der Waals surface area contributed by atoms with E-state index >= 15 is 0 Å². The van der Waals surface area contributed by atoms with Crippen LogP contribution >= 0.6 is 11.3 Å². The SMILES string of the molecule is COCc1ncsc1C(=O)NCC(C)c1ccc(F)cc1. The summed E-state index contributed by atoms with van der Waals surface area (Å²) in [7, 11) is 1.57. The van der Waals surface area contributed by atoms with Crippen molar-refractivity contribution in [1.82, 2.24) is 10.3 Å². The van der Waals surface area contributed by atoms with E-state index in [1.54, 1.807) is 24.8 Å². The van der Waals surface area contributed by atoms with Gasteiger partial charge in [0.2, 0.25) is 0 Å². The molecule has 21 heavy (non-hydrogen) atoms. The molecule has 1 heterocycles. The number of halogens is 1. The van der Waals surface area contributed by atoms with E-state index in [0.717, 1.165) is 5.56 Å². The van der Waals surface area contributed by atoms with Crippen LogP contribution in [0.3, 0.4) is 0 Å². The number of hydrogen-bond donors (Lipinski definition) is 1. The van der Waals surface area contributed by atoms with Crippen LogP contribution in [0.15, 0.2) is 29.8 Å². The zero-order valence-electron chi connectivity index (χ0n) is 11.9. The van der Waals surface area contributed by atoms with Gasteiger partial charge in [0.15, 0.2) is 0 Å². The summed E-state index contributed by atoms with van der Waals surface area (Å²) in [5.74, 6) is -0.310. The summed E-state index contributed by atoms with van der Waals surface area (Å²) in [6, 6.07) is 6.31. The van der Waals surface area contributed by atoms with Crippen molar-refractivity contribution in [2.75, 3.05) is 13.7 Å². The Balaban J connectivity index is 1.94. The number of thiazole rings is 1. The fraction of sp³-hybridized carbons (Fsp3) is 0.333. The first-order valence-corrected chi connectivity index (χ1v) is 7.44. The number of nitrogens with one attached hydrogen (secondary N) is 1. The van der Waals surface area contributed by atoms with Gasteiger partial charge >= 0.3 is 0 Å². The first-order chi connectivity index (χ1) is 10.1. The van der Waals surface area contributed by atoms with Gasteiger partial charge in [0, 0.05) is 13.7 Å². The van der Waals surface area contributed by atoms with E-state index in [1.165, 1.54) is 23.5 Å². The molecule has 1 atom stereocenters. The van der Waals surface area contributed by atoms with Crippen molar-refractivity contribution in [3.63, 3.8) is 0 Å². The van der Waals surface area contributed by atoms with E-state index in [0.29, 0.717) is 23.7 Å². The molecule has 2 aromatic rings. The fourth-order valence-corrected chi connectivity index (χ4v) is 2.64. The van der Waals surface area contributed by atoms with Gasteiger partial charge in [0.1, 0.15) is 10.7 Å². The predicted molar refractivity (Wildman–Crippen MR) is 80.0 cm³/mol. The number of rotatable bonds is 6. The van der Waals surface area contributed by atoms with Crippen LogP contribution in [-0.2, 0) is 11.3 Å². The van der Waals surface area contributed by atoms with Crippen molar-refractivity contribution < 1.29 is 13.9 Å². The normalized spacial score (nSPS) is 12.1. The molecule has 0 aliphatic heterocycles. The molecule has 0 bridgehead atoms. The molecule has 1 amide bonds. The summed E-state index contributed by atoms with van der Waals surface area (Å²) >= 11 is 1.29. The molecule has 6 heteroatoms. The van der Waals surface area contributed by atoms with E-state index in [1.807, 2.05) is 6.92 Å². The summed E-state index contributed by atoms with van der Waals surface area (Å²) < 4.78 is 17.9. The topological polar surface area (TPSA) is 51.2 Å². The highest BCUT2D eigenvalue weighted by Crippen LogP contribution is 2.17. The molecule has 0 saturated carbocycles. The van der Waals surface area contributed by atoms with Crippen LogP contribution in [-0.4, -0.2) is 24.5 Å². The number of carbonyl (C=O) groups excluding carboxylic acids is 1. The molecule has 1 unspecified atom stereocenters. The summed E-state index contributed by atoms with van der Waals surface area (Å²) in [6.07, 6.45) is 0. The van der Waals surface area contributed by atoms with E-state index < -0.39 is 0 Å². The van der Waals surface area contributed by atoms with Crippen molar-refractivity contribution in [3.05, 3.63) is 51.7 Å². The Kier molecular flexibility index (Phi) is 5.41. The van der Waals surface area contributed by atoms with Gasteiger partial charge in [0.25, 0.3) is 5.91 Å². The Hall–Kier alpha value is -1.79. The molecule has 0 aliphatic carbocycles. The Morgan fingerprint density at radius 1 is 1.43 bits per heavy atom. The quantitative estimate of drug-likeness (QED) is 0.892. The second-order valence-electron chi connectivity index (χ2n) is 4.72. The van der Waals surface area contributed by atoms with Gasteiger partial charge in [-0.15, -0.1) is 11.3 Å². The van der Waals surface area contributed by atoms with E-state index in [4.69, 9.17) is 4.74 Å². The van der Waals surface area contributed by atoms with Crippen LogP contribution in [0.2, 0.25) is 0 Å². The number of nitrogens with zero attached hydrogens (tertiary/aromatic N) is 1. The number of aromatic nitrogens is 1. The monoisotopic (exact) mass is 308 g/mol. The van der Waals surface area contributed by atoms with Gasteiger partial charge in [0.05, 0.1) is 17.8 Å². The minimum atomic E-state index is -0.260. The third kappa shape index (κ3) is 4.09. The number of ether oxygens (including phenoxy) is 1. The molecule has 1 aromatic heterocycles. The van der Waals surface area contributed by atoms with Crippen molar-refractivity contribution >= 4 is 17.2 Å². The van der Waals surface area contributed by atoms with Gasteiger partial charge in [-0.2, -0.15) is 0 Å². The summed E-state index contributed by atoms with van der Waals surface area (Å²) in [4.78, 5) is 16.8. The lowest BCUT2D eigenvalue weighted by molar-refractivity contribution is 0.0950. The molecule has 2 rings (SSSR count). The van der Waals surface area contributed by atoms with E-state index in [2.05, 4.69) is 10.3 Å². The molecular weight excluding hydrogens is 291 g/mol. The number of amides is 1. The van der Waals surface area contributed by atoms with Crippen molar-refractivity contribution in [1.29, 1.82) is 0 Å². The lowest BCUT2D eigenvalue weighted by Crippen LogP contribution is -2.27. The maximum Gasteiger partial charge on any atom is 0.263 e. The Morgan fingerprint density at radius 3 is 2.81 bits per heavy atom. The Bertz CT molecular complexity index is 598.